The molecular formula is C10H15F2NO. The normalized spacial score (nSPS) is 34.6. The number of amides is 1. The minimum absolute atomic E-state index is 0.237. The summed E-state index contributed by atoms with van der Waals surface area (Å²) in [5.41, 5.74) is 0. The first-order valence-corrected chi connectivity index (χ1v) is 5.21. The van der Waals surface area contributed by atoms with Crippen LogP contribution in [0.2, 0.25) is 0 Å². The number of likely N-dealkylation sites (tertiary alicyclic amines) is 1. The molecule has 2 aliphatic rings. The van der Waals surface area contributed by atoms with E-state index in [2.05, 4.69) is 6.92 Å². The SMILES string of the molecule is CC[C@@H]1CCN(C(=O)C2CC2(F)F)C1. The van der Waals surface area contributed by atoms with E-state index >= 15 is 0 Å². The van der Waals surface area contributed by atoms with Crippen molar-refractivity contribution in [3.05, 3.63) is 0 Å². The highest BCUT2D eigenvalue weighted by molar-refractivity contribution is 5.83. The summed E-state index contributed by atoms with van der Waals surface area (Å²) in [6.07, 6.45) is 1.77. The fraction of sp³-hybridized carbons (Fsp3) is 0.900. The summed E-state index contributed by atoms with van der Waals surface area (Å²) in [4.78, 5) is 13.1. The number of carbonyl (C=O) groups is 1. The Morgan fingerprint density at radius 1 is 1.57 bits per heavy atom. The number of nitrogens with zero attached hydrogens (tertiary/aromatic N) is 1. The largest absolute Gasteiger partial charge is 0.342 e. The van der Waals surface area contributed by atoms with Gasteiger partial charge in [-0.25, -0.2) is 8.78 Å². The highest BCUT2D eigenvalue weighted by atomic mass is 19.3. The third-order valence-corrected chi connectivity index (χ3v) is 3.30. The molecule has 1 amide bonds. The second-order valence-electron chi connectivity index (χ2n) is 4.36. The zero-order chi connectivity index (χ0) is 10.3. The zero-order valence-corrected chi connectivity index (χ0v) is 8.30. The average molecular weight is 203 g/mol. The molecule has 4 heteroatoms. The molecule has 2 nitrogen and oxygen atoms in total. The van der Waals surface area contributed by atoms with E-state index in [9.17, 15) is 13.6 Å². The van der Waals surface area contributed by atoms with Gasteiger partial charge in [-0.3, -0.25) is 4.79 Å². The fourth-order valence-electron chi connectivity index (χ4n) is 2.07. The van der Waals surface area contributed by atoms with Crippen molar-refractivity contribution >= 4 is 5.91 Å². The summed E-state index contributed by atoms with van der Waals surface area (Å²) < 4.78 is 25.3. The van der Waals surface area contributed by atoms with E-state index in [1.54, 1.807) is 4.90 Å². The Morgan fingerprint density at radius 2 is 2.21 bits per heavy atom. The van der Waals surface area contributed by atoms with Crippen LogP contribution in [0.5, 0.6) is 0 Å². The number of carbonyl (C=O) groups excluding carboxylic acids is 1. The van der Waals surface area contributed by atoms with Crippen LogP contribution in [0, 0.1) is 11.8 Å². The maximum atomic E-state index is 12.6. The van der Waals surface area contributed by atoms with Gasteiger partial charge in [0.2, 0.25) is 5.91 Å². The first-order valence-electron chi connectivity index (χ1n) is 5.21. The predicted molar refractivity (Wildman–Crippen MR) is 48.0 cm³/mol. The van der Waals surface area contributed by atoms with Gasteiger partial charge in [0.1, 0.15) is 5.92 Å². The highest BCUT2D eigenvalue weighted by Gasteiger charge is 2.62. The number of hydrogen-bond acceptors (Lipinski definition) is 1. The lowest BCUT2D eigenvalue weighted by atomic mass is 10.1. The highest BCUT2D eigenvalue weighted by Crippen LogP contribution is 2.49. The molecule has 1 unspecified atom stereocenters. The lowest BCUT2D eigenvalue weighted by Crippen LogP contribution is -2.31. The molecule has 14 heavy (non-hydrogen) atoms. The molecule has 2 fully saturated rings. The van der Waals surface area contributed by atoms with Crippen molar-refractivity contribution < 1.29 is 13.6 Å². The molecule has 1 saturated carbocycles. The Bertz CT molecular complexity index is 255. The van der Waals surface area contributed by atoms with Crippen LogP contribution in [0.4, 0.5) is 8.78 Å². The monoisotopic (exact) mass is 203 g/mol. The number of halogens is 2. The van der Waals surface area contributed by atoms with E-state index in [4.69, 9.17) is 0 Å². The van der Waals surface area contributed by atoms with Crippen LogP contribution in [0.15, 0.2) is 0 Å². The van der Waals surface area contributed by atoms with Gasteiger partial charge in [-0.15, -0.1) is 0 Å². The van der Waals surface area contributed by atoms with Crippen molar-refractivity contribution in [2.24, 2.45) is 11.8 Å². The zero-order valence-electron chi connectivity index (χ0n) is 8.30. The lowest BCUT2D eigenvalue weighted by Gasteiger charge is -2.15. The van der Waals surface area contributed by atoms with Crippen molar-refractivity contribution in [1.82, 2.24) is 4.90 Å². The summed E-state index contributed by atoms with van der Waals surface area (Å²) in [7, 11) is 0. The van der Waals surface area contributed by atoms with Gasteiger partial charge in [-0.2, -0.15) is 0 Å². The van der Waals surface area contributed by atoms with Crippen LogP contribution in [-0.2, 0) is 4.79 Å². The van der Waals surface area contributed by atoms with Gasteiger partial charge in [0.25, 0.3) is 5.92 Å². The third-order valence-electron chi connectivity index (χ3n) is 3.30. The summed E-state index contributed by atoms with van der Waals surface area (Å²) in [6, 6.07) is 0. The topological polar surface area (TPSA) is 20.3 Å². The van der Waals surface area contributed by atoms with Gasteiger partial charge in [-0.1, -0.05) is 13.3 Å². The van der Waals surface area contributed by atoms with Crippen molar-refractivity contribution in [2.45, 2.75) is 32.1 Å². The van der Waals surface area contributed by atoms with E-state index in [0.29, 0.717) is 19.0 Å². The molecule has 80 valence electrons. The number of hydrogen-bond donors (Lipinski definition) is 0. The van der Waals surface area contributed by atoms with Gasteiger partial charge in [0.15, 0.2) is 0 Å². The molecule has 0 aromatic rings. The van der Waals surface area contributed by atoms with Gasteiger partial charge in [-0.05, 0) is 12.3 Å². The maximum absolute atomic E-state index is 12.6. The van der Waals surface area contributed by atoms with Gasteiger partial charge in [0.05, 0.1) is 0 Å². The van der Waals surface area contributed by atoms with Gasteiger partial charge in [0, 0.05) is 19.5 Å². The summed E-state index contributed by atoms with van der Waals surface area (Å²) in [6.45, 7) is 3.43. The molecule has 1 aliphatic carbocycles. The average Bonchev–Trinajstić information content (AvgIpc) is 2.64. The Kier molecular flexibility index (Phi) is 2.24. The van der Waals surface area contributed by atoms with Crippen LogP contribution >= 0.6 is 0 Å². The minimum atomic E-state index is -2.71. The second-order valence-corrected chi connectivity index (χ2v) is 4.36. The molecular weight excluding hydrogens is 188 g/mol. The Morgan fingerprint density at radius 3 is 2.64 bits per heavy atom. The molecule has 0 bridgehead atoms. The molecule has 0 N–H and O–H groups in total. The summed E-state index contributed by atoms with van der Waals surface area (Å²) in [5, 5.41) is 0. The number of rotatable bonds is 2. The fourth-order valence-corrected chi connectivity index (χ4v) is 2.07. The quantitative estimate of drug-likeness (QED) is 0.671. The van der Waals surface area contributed by atoms with Crippen LogP contribution in [0.1, 0.15) is 26.2 Å². The Hall–Kier alpha value is -0.670. The molecule has 0 spiro atoms. The first-order chi connectivity index (χ1) is 6.54. The minimum Gasteiger partial charge on any atom is -0.342 e. The molecule has 2 atom stereocenters. The van der Waals surface area contributed by atoms with Crippen LogP contribution in [0.3, 0.4) is 0 Å². The summed E-state index contributed by atoms with van der Waals surface area (Å²) >= 11 is 0. The first kappa shape index (κ1) is 9.87. The third kappa shape index (κ3) is 1.62. The van der Waals surface area contributed by atoms with E-state index in [1.807, 2.05) is 0 Å². The lowest BCUT2D eigenvalue weighted by molar-refractivity contribution is -0.133. The predicted octanol–water partition coefficient (Wildman–Crippen LogP) is 1.90. The molecule has 2 rings (SSSR count). The van der Waals surface area contributed by atoms with Crippen LogP contribution in [-0.4, -0.2) is 29.8 Å². The molecule has 0 aromatic carbocycles. The molecule has 1 saturated heterocycles. The molecule has 0 radical (unpaired) electrons. The van der Waals surface area contributed by atoms with Crippen molar-refractivity contribution in [3.63, 3.8) is 0 Å². The Labute approximate surface area is 82.3 Å². The number of alkyl halides is 2. The van der Waals surface area contributed by atoms with Crippen molar-refractivity contribution in [1.29, 1.82) is 0 Å². The standard InChI is InChI=1S/C10H15F2NO/c1-2-7-3-4-13(6-7)9(14)8-5-10(8,11)12/h7-8H,2-6H2,1H3/t7-,8?/m1/s1. The molecule has 1 aliphatic heterocycles. The van der Waals surface area contributed by atoms with E-state index in [-0.39, 0.29) is 12.3 Å². The van der Waals surface area contributed by atoms with Gasteiger partial charge < -0.3 is 4.90 Å². The van der Waals surface area contributed by atoms with Crippen molar-refractivity contribution in [3.8, 4) is 0 Å². The smallest absolute Gasteiger partial charge is 0.260 e. The second kappa shape index (κ2) is 3.17. The van der Waals surface area contributed by atoms with Gasteiger partial charge >= 0.3 is 0 Å². The Balaban J connectivity index is 1.89. The van der Waals surface area contributed by atoms with Crippen LogP contribution < -0.4 is 0 Å². The van der Waals surface area contributed by atoms with E-state index < -0.39 is 11.8 Å². The van der Waals surface area contributed by atoms with Crippen LogP contribution in [0.25, 0.3) is 0 Å². The molecule has 1 heterocycles. The van der Waals surface area contributed by atoms with E-state index in [1.165, 1.54) is 0 Å². The maximum Gasteiger partial charge on any atom is 0.260 e. The molecule has 0 aromatic heterocycles. The van der Waals surface area contributed by atoms with E-state index in [0.717, 1.165) is 12.8 Å². The summed E-state index contributed by atoms with van der Waals surface area (Å²) in [5.74, 6) is -3.52. The van der Waals surface area contributed by atoms with Crippen molar-refractivity contribution in [2.75, 3.05) is 13.1 Å².